The average molecular weight is 252 g/mol. The molecule has 0 bridgehead atoms. The van der Waals surface area contributed by atoms with Crippen LogP contribution in [0.5, 0.6) is 0 Å². The number of hydrogen-bond donors (Lipinski definition) is 0. The summed E-state index contributed by atoms with van der Waals surface area (Å²) in [5.74, 6) is 0. The first-order chi connectivity index (χ1) is 4.00. The van der Waals surface area contributed by atoms with E-state index in [4.69, 9.17) is 19.2 Å². The second-order valence-corrected chi connectivity index (χ2v) is 0. The first-order valence-corrected chi connectivity index (χ1v) is 1.15. The van der Waals surface area contributed by atoms with Crippen molar-refractivity contribution in [1.82, 2.24) is 0 Å². The fourth-order valence-corrected chi connectivity index (χ4v) is 0. The van der Waals surface area contributed by atoms with Gasteiger partial charge in [0.05, 0.1) is 0 Å². The molecule has 6 heteroatoms. The zero-order chi connectivity index (χ0) is 8.00. The van der Waals surface area contributed by atoms with Crippen molar-refractivity contribution in [2.24, 2.45) is 0 Å². The van der Waals surface area contributed by atoms with Gasteiger partial charge in [-0.15, -0.1) is 0 Å². The molecular formula is C4H8CoGeO4. The van der Waals surface area contributed by atoms with Crippen LogP contribution in [0.15, 0.2) is 0 Å². The zero-order valence-corrected chi connectivity index (χ0v) is 8.43. The van der Waals surface area contributed by atoms with Crippen molar-refractivity contribution in [3.05, 3.63) is 0 Å². The largest absolute Gasteiger partial charge is 0.307 e. The Morgan fingerprint density at radius 2 is 0.500 bits per heavy atom. The Morgan fingerprint density at radius 3 is 0.500 bits per heavy atom. The molecule has 10 heavy (non-hydrogen) atoms. The topological polar surface area (TPSA) is 68.3 Å². The number of rotatable bonds is 0. The van der Waals surface area contributed by atoms with Gasteiger partial charge in [0, 0.05) is 34.4 Å². The molecule has 0 aromatic heterocycles. The molecule has 4 nitrogen and oxygen atoms in total. The molecule has 0 rings (SSSR count). The fraction of sp³-hybridized carbons (Fsp3) is 0. The first kappa shape index (κ1) is 53.3. The average Bonchev–Trinajstić information content (AvgIpc) is 2.03. The van der Waals surface area contributed by atoms with Gasteiger partial charge in [0.15, 0.2) is 0 Å². The first-order valence-electron chi connectivity index (χ1n) is 1.15. The Bertz CT molecular complexity index is 25.2. The SMILES string of the molecule is C=O.C=O.C=O.C=O.[Co].[Ge]. The smallest absolute Gasteiger partial charge is 0.106 e. The van der Waals surface area contributed by atoms with Gasteiger partial charge in [-0.2, -0.15) is 0 Å². The van der Waals surface area contributed by atoms with Crippen LogP contribution in [-0.2, 0) is 36.0 Å². The summed E-state index contributed by atoms with van der Waals surface area (Å²) in [5, 5.41) is 0. The minimum absolute atomic E-state index is 0. The molecule has 0 aliphatic rings. The third kappa shape index (κ3) is 4780. The Balaban J connectivity index is -0.00000000500. The van der Waals surface area contributed by atoms with E-state index in [2.05, 4.69) is 0 Å². The number of carbonyl (C=O) groups is 4. The van der Waals surface area contributed by atoms with Crippen molar-refractivity contribution in [3.63, 3.8) is 0 Å². The second-order valence-electron chi connectivity index (χ2n) is 0. The van der Waals surface area contributed by atoms with E-state index in [1.165, 1.54) is 0 Å². The molecule has 0 unspecified atom stereocenters. The maximum Gasteiger partial charge on any atom is 0.106 e. The van der Waals surface area contributed by atoms with Crippen LogP contribution in [0.25, 0.3) is 0 Å². The van der Waals surface area contributed by atoms with Gasteiger partial charge in [-0.05, 0) is 0 Å². The normalized spacial score (nSPS) is 1.60. The van der Waals surface area contributed by atoms with Crippen LogP contribution < -0.4 is 0 Å². The van der Waals surface area contributed by atoms with E-state index in [1.807, 2.05) is 27.2 Å². The third-order valence-electron chi connectivity index (χ3n) is 0. The Labute approximate surface area is 80.9 Å². The molecule has 0 heterocycles. The van der Waals surface area contributed by atoms with Crippen molar-refractivity contribution in [2.75, 3.05) is 0 Å². The maximum atomic E-state index is 8.00. The molecule has 0 aliphatic heterocycles. The van der Waals surface area contributed by atoms with Gasteiger partial charge in [-0.3, -0.25) is 0 Å². The van der Waals surface area contributed by atoms with E-state index >= 15 is 0 Å². The molecular weight excluding hydrogens is 244 g/mol. The molecule has 0 aromatic carbocycles. The van der Waals surface area contributed by atoms with Gasteiger partial charge < -0.3 is 19.2 Å². The predicted octanol–water partition coefficient (Wildman–Crippen LogP) is -1.12. The molecule has 0 saturated carbocycles. The minimum atomic E-state index is 0. The van der Waals surface area contributed by atoms with E-state index in [1.54, 1.807) is 0 Å². The molecule has 0 atom stereocenters. The van der Waals surface area contributed by atoms with Gasteiger partial charge >= 0.3 is 0 Å². The van der Waals surface area contributed by atoms with Crippen LogP contribution >= 0.6 is 0 Å². The zero-order valence-electron chi connectivity index (χ0n) is 5.29. The standard InChI is InChI=1S/4CH2O.Co.Ge/c4*1-2;;/h4*1H2;;. The molecule has 0 saturated heterocycles. The molecule has 0 fully saturated rings. The van der Waals surface area contributed by atoms with Crippen molar-refractivity contribution in [1.29, 1.82) is 0 Å². The van der Waals surface area contributed by atoms with E-state index in [0.29, 0.717) is 0 Å². The van der Waals surface area contributed by atoms with Gasteiger partial charge in [0.2, 0.25) is 0 Å². The minimum Gasteiger partial charge on any atom is -0.307 e. The summed E-state index contributed by atoms with van der Waals surface area (Å²) in [7, 11) is 0. The van der Waals surface area contributed by atoms with Gasteiger partial charge in [0.25, 0.3) is 0 Å². The molecule has 0 spiro atoms. The van der Waals surface area contributed by atoms with Crippen molar-refractivity contribution in [2.45, 2.75) is 0 Å². The number of hydrogen-bond acceptors (Lipinski definition) is 4. The van der Waals surface area contributed by atoms with E-state index in [9.17, 15) is 0 Å². The summed E-state index contributed by atoms with van der Waals surface area (Å²) in [6, 6.07) is 0. The van der Waals surface area contributed by atoms with Crippen molar-refractivity contribution >= 4 is 44.8 Å². The summed E-state index contributed by atoms with van der Waals surface area (Å²) >= 11 is 0. The van der Waals surface area contributed by atoms with E-state index in [-0.39, 0.29) is 34.4 Å². The van der Waals surface area contributed by atoms with Crippen LogP contribution in [0, 0.1) is 0 Å². The summed E-state index contributed by atoms with van der Waals surface area (Å²) in [6.45, 7) is 8.00. The predicted molar refractivity (Wildman–Crippen MR) is 34.2 cm³/mol. The van der Waals surface area contributed by atoms with E-state index < -0.39 is 0 Å². The maximum absolute atomic E-state index is 8.00. The van der Waals surface area contributed by atoms with Crippen molar-refractivity contribution < 1.29 is 36.0 Å². The summed E-state index contributed by atoms with van der Waals surface area (Å²) in [5.41, 5.74) is 0. The van der Waals surface area contributed by atoms with Gasteiger partial charge in [-0.1, -0.05) is 0 Å². The third-order valence-corrected chi connectivity index (χ3v) is 0. The van der Waals surface area contributed by atoms with E-state index in [0.717, 1.165) is 0 Å². The molecule has 0 aromatic rings. The Morgan fingerprint density at radius 1 is 0.500 bits per heavy atom. The molecule has 0 aliphatic carbocycles. The number of carbonyl (C=O) groups excluding carboxylic acids is 4. The van der Waals surface area contributed by atoms with Gasteiger partial charge in [-0.25, -0.2) is 0 Å². The summed E-state index contributed by atoms with van der Waals surface area (Å²) < 4.78 is 0. The fourth-order valence-electron chi connectivity index (χ4n) is 0. The van der Waals surface area contributed by atoms with Crippen molar-refractivity contribution in [3.8, 4) is 0 Å². The monoisotopic (exact) mass is 253 g/mol. The summed E-state index contributed by atoms with van der Waals surface area (Å²) in [4.78, 5) is 32.0. The second kappa shape index (κ2) is 7120. The molecule has 0 N–H and O–H groups in total. The Hall–Kier alpha value is -0.271. The van der Waals surface area contributed by atoms with Crippen LogP contribution in [0.2, 0.25) is 0 Å². The Kier molecular flexibility index (Phi) is 38000. The quantitative estimate of drug-likeness (QED) is 0.512. The van der Waals surface area contributed by atoms with Crippen LogP contribution in [-0.4, -0.2) is 44.8 Å². The molecule has 61 valence electrons. The molecule has 5 radical (unpaired) electrons. The van der Waals surface area contributed by atoms with Gasteiger partial charge in [0.1, 0.15) is 27.2 Å². The van der Waals surface area contributed by atoms with Crippen LogP contribution in [0.3, 0.4) is 0 Å². The van der Waals surface area contributed by atoms with Crippen LogP contribution in [0.1, 0.15) is 0 Å². The molecule has 0 amide bonds. The van der Waals surface area contributed by atoms with Crippen LogP contribution in [0.4, 0.5) is 0 Å². The summed E-state index contributed by atoms with van der Waals surface area (Å²) in [6.07, 6.45) is 0.